The first-order valence-electron chi connectivity index (χ1n) is 11.2. The number of carbonyl (C=O) groups is 1. The standard InChI is InChI=1S/C25H22BrF2N5O2S/c1-14-20-23(33-9-7-32(8-10-33)16-3-5-17(35-2)6-4-16)29-13-30-25(20)36-22(14)24(34)31-21-18(26)11-15(27)12-19(21)28/h3-6,11-13H,7-10H2,1-2H3,(H,31,34). The van der Waals surface area contributed by atoms with Gasteiger partial charge < -0.3 is 19.9 Å². The Labute approximate surface area is 218 Å². The Morgan fingerprint density at radius 1 is 1.08 bits per heavy atom. The molecule has 7 nitrogen and oxygen atoms in total. The van der Waals surface area contributed by atoms with E-state index in [0.29, 0.717) is 9.71 Å². The summed E-state index contributed by atoms with van der Waals surface area (Å²) in [6, 6.07) is 9.83. The van der Waals surface area contributed by atoms with Gasteiger partial charge in [0, 0.05) is 42.4 Å². The molecule has 0 aliphatic carbocycles. The van der Waals surface area contributed by atoms with Crippen molar-refractivity contribution < 1.29 is 18.3 Å². The second kappa shape index (κ2) is 9.98. The molecule has 11 heteroatoms. The molecule has 5 rings (SSSR count). The third kappa shape index (κ3) is 4.60. The Bertz CT molecular complexity index is 1420. The first kappa shape index (κ1) is 24.4. The van der Waals surface area contributed by atoms with Gasteiger partial charge in [0.05, 0.1) is 23.1 Å². The molecule has 1 N–H and O–H groups in total. The molecule has 1 aliphatic rings. The van der Waals surface area contributed by atoms with Gasteiger partial charge in [-0.25, -0.2) is 18.7 Å². The summed E-state index contributed by atoms with van der Waals surface area (Å²) in [5.41, 5.74) is 1.74. The zero-order valence-electron chi connectivity index (χ0n) is 19.5. The van der Waals surface area contributed by atoms with Gasteiger partial charge in [0.15, 0.2) is 5.82 Å². The average Bonchev–Trinajstić information content (AvgIpc) is 3.23. The Morgan fingerprint density at radius 2 is 1.78 bits per heavy atom. The van der Waals surface area contributed by atoms with Gasteiger partial charge in [-0.1, -0.05) is 0 Å². The lowest BCUT2D eigenvalue weighted by Crippen LogP contribution is -2.46. The Morgan fingerprint density at radius 3 is 2.44 bits per heavy atom. The van der Waals surface area contributed by atoms with E-state index in [0.717, 1.165) is 66.5 Å². The molecule has 186 valence electrons. The van der Waals surface area contributed by atoms with E-state index in [1.807, 2.05) is 31.2 Å². The first-order valence-corrected chi connectivity index (χ1v) is 12.8. The number of anilines is 3. The van der Waals surface area contributed by atoms with Crippen LogP contribution in [0.1, 0.15) is 15.2 Å². The molecular weight excluding hydrogens is 552 g/mol. The number of fused-ring (bicyclic) bond motifs is 1. The summed E-state index contributed by atoms with van der Waals surface area (Å²) < 4.78 is 33.1. The van der Waals surface area contributed by atoms with Crippen LogP contribution < -0.4 is 19.9 Å². The summed E-state index contributed by atoms with van der Waals surface area (Å²) in [5.74, 6) is -0.483. The summed E-state index contributed by atoms with van der Waals surface area (Å²) in [7, 11) is 1.65. The van der Waals surface area contributed by atoms with Crippen LogP contribution in [0.3, 0.4) is 0 Å². The largest absolute Gasteiger partial charge is 0.497 e. The van der Waals surface area contributed by atoms with Crippen LogP contribution in [-0.4, -0.2) is 49.2 Å². The minimum atomic E-state index is -0.857. The van der Waals surface area contributed by atoms with Crippen LogP contribution in [0.25, 0.3) is 10.2 Å². The monoisotopic (exact) mass is 573 g/mol. The number of halogens is 3. The molecular formula is C25H22BrF2N5O2S. The molecule has 0 bridgehead atoms. The van der Waals surface area contributed by atoms with E-state index in [4.69, 9.17) is 4.74 Å². The lowest BCUT2D eigenvalue weighted by molar-refractivity contribution is 0.102. The number of rotatable bonds is 5. The topological polar surface area (TPSA) is 70.6 Å². The number of hydrogen-bond donors (Lipinski definition) is 1. The van der Waals surface area contributed by atoms with Crippen LogP contribution in [0.5, 0.6) is 5.75 Å². The van der Waals surface area contributed by atoms with E-state index in [9.17, 15) is 13.6 Å². The lowest BCUT2D eigenvalue weighted by Gasteiger charge is -2.37. The second-order valence-corrected chi connectivity index (χ2v) is 10.2. The Kier molecular flexibility index (Phi) is 6.76. The predicted molar refractivity (Wildman–Crippen MR) is 142 cm³/mol. The van der Waals surface area contributed by atoms with E-state index >= 15 is 0 Å². The third-order valence-corrected chi connectivity index (χ3v) is 8.00. The number of carbonyl (C=O) groups excluding carboxylic acids is 1. The van der Waals surface area contributed by atoms with Crippen molar-refractivity contribution in [2.75, 3.05) is 48.4 Å². The molecule has 4 aromatic rings. The summed E-state index contributed by atoms with van der Waals surface area (Å²) in [6.45, 7) is 4.97. The first-order chi connectivity index (χ1) is 17.4. The van der Waals surface area contributed by atoms with Crippen LogP contribution in [0.4, 0.5) is 26.0 Å². The fraction of sp³-hybridized carbons (Fsp3) is 0.240. The van der Waals surface area contributed by atoms with E-state index in [2.05, 4.69) is 41.0 Å². The minimum Gasteiger partial charge on any atom is -0.497 e. The highest BCUT2D eigenvalue weighted by molar-refractivity contribution is 9.10. The number of benzene rings is 2. The van der Waals surface area contributed by atoms with E-state index in [1.54, 1.807) is 7.11 Å². The number of piperazine rings is 1. The SMILES string of the molecule is COc1ccc(N2CCN(c3ncnc4sc(C(=O)Nc5c(F)cc(F)cc5Br)c(C)c34)CC2)cc1. The number of aromatic nitrogens is 2. The number of aryl methyl sites for hydroxylation is 1. The zero-order chi connectivity index (χ0) is 25.4. The smallest absolute Gasteiger partial charge is 0.266 e. The van der Waals surface area contributed by atoms with Gasteiger partial charge in [0.25, 0.3) is 5.91 Å². The van der Waals surface area contributed by atoms with Crippen molar-refractivity contribution >= 4 is 60.6 Å². The van der Waals surface area contributed by atoms with Gasteiger partial charge in [-0.05, 0) is 58.7 Å². The number of thiophene rings is 1. The maximum absolute atomic E-state index is 14.3. The lowest BCUT2D eigenvalue weighted by atomic mass is 10.1. The number of ether oxygens (including phenoxy) is 1. The van der Waals surface area contributed by atoms with Crippen molar-refractivity contribution in [3.05, 3.63) is 69.3 Å². The molecule has 1 saturated heterocycles. The molecule has 0 saturated carbocycles. The van der Waals surface area contributed by atoms with Gasteiger partial charge in [-0.15, -0.1) is 11.3 Å². The number of nitrogens with one attached hydrogen (secondary N) is 1. The minimum absolute atomic E-state index is 0.112. The molecule has 0 atom stereocenters. The van der Waals surface area contributed by atoms with Crippen molar-refractivity contribution in [2.24, 2.45) is 0 Å². The van der Waals surface area contributed by atoms with Crippen molar-refractivity contribution in [3.8, 4) is 5.75 Å². The molecule has 0 radical (unpaired) electrons. The van der Waals surface area contributed by atoms with Crippen LogP contribution in [0.2, 0.25) is 0 Å². The van der Waals surface area contributed by atoms with Crippen molar-refractivity contribution in [2.45, 2.75) is 6.92 Å². The quantitative estimate of drug-likeness (QED) is 0.334. The van der Waals surface area contributed by atoms with Gasteiger partial charge in [-0.3, -0.25) is 4.79 Å². The molecule has 2 aromatic carbocycles. The summed E-state index contributed by atoms with van der Waals surface area (Å²) in [6.07, 6.45) is 1.50. The van der Waals surface area contributed by atoms with Crippen LogP contribution in [-0.2, 0) is 0 Å². The molecule has 2 aromatic heterocycles. The maximum atomic E-state index is 14.3. The molecule has 1 amide bonds. The number of methoxy groups -OCH3 is 1. The van der Waals surface area contributed by atoms with Gasteiger partial charge in [-0.2, -0.15) is 0 Å². The number of nitrogens with zero attached hydrogens (tertiary/aromatic N) is 4. The normalized spacial score (nSPS) is 13.8. The molecule has 0 unspecified atom stereocenters. The van der Waals surface area contributed by atoms with E-state index in [-0.39, 0.29) is 10.2 Å². The fourth-order valence-corrected chi connectivity index (χ4v) is 5.86. The fourth-order valence-electron chi connectivity index (χ4n) is 4.31. The van der Waals surface area contributed by atoms with Crippen LogP contribution in [0.15, 0.2) is 47.2 Å². The molecule has 0 spiro atoms. The number of amides is 1. The van der Waals surface area contributed by atoms with Gasteiger partial charge in [0.1, 0.15) is 28.5 Å². The van der Waals surface area contributed by atoms with E-state index in [1.165, 1.54) is 17.7 Å². The van der Waals surface area contributed by atoms with Crippen molar-refractivity contribution in [1.82, 2.24) is 9.97 Å². The van der Waals surface area contributed by atoms with Crippen LogP contribution in [0, 0.1) is 18.6 Å². The zero-order valence-corrected chi connectivity index (χ0v) is 21.9. The molecule has 1 aliphatic heterocycles. The summed E-state index contributed by atoms with van der Waals surface area (Å²) in [5, 5.41) is 3.37. The Balaban J connectivity index is 1.38. The Hall–Kier alpha value is -3.31. The van der Waals surface area contributed by atoms with Crippen molar-refractivity contribution in [3.63, 3.8) is 0 Å². The van der Waals surface area contributed by atoms with Gasteiger partial charge >= 0.3 is 0 Å². The van der Waals surface area contributed by atoms with Crippen molar-refractivity contribution in [1.29, 1.82) is 0 Å². The second-order valence-electron chi connectivity index (χ2n) is 8.30. The van der Waals surface area contributed by atoms with E-state index < -0.39 is 17.5 Å². The maximum Gasteiger partial charge on any atom is 0.266 e. The number of hydrogen-bond acceptors (Lipinski definition) is 7. The molecule has 3 heterocycles. The predicted octanol–water partition coefficient (Wildman–Crippen LogP) is 5.63. The third-order valence-electron chi connectivity index (χ3n) is 6.18. The highest BCUT2D eigenvalue weighted by atomic mass is 79.9. The highest BCUT2D eigenvalue weighted by Gasteiger charge is 2.25. The summed E-state index contributed by atoms with van der Waals surface area (Å²) in [4.78, 5) is 27.6. The van der Waals surface area contributed by atoms with Crippen LogP contribution >= 0.6 is 27.3 Å². The summed E-state index contributed by atoms with van der Waals surface area (Å²) >= 11 is 4.34. The molecule has 36 heavy (non-hydrogen) atoms. The average molecular weight is 574 g/mol. The highest BCUT2D eigenvalue weighted by Crippen LogP contribution is 2.36. The molecule has 1 fully saturated rings. The van der Waals surface area contributed by atoms with Gasteiger partial charge in [0.2, 0.25) is 0 Å².